The fraction of sp³-hybridized carbons (Fsp3) is 0.227. The largest absolute Gasteiger partial charge is 0.497 e. The number of amides is 1. The number of thioether (sulfide) groups is 1. The van der Waals surface area contributed by atoms with Crippen molar-refractivity contribution in [1.29, 1.82) is 0 Å². The van der Waals surface area contributed by atoms with E-state index in [0.717, 1.165) is 5.75 Å². The van der Waals surface area contributed by atoms with Gasteiger partial charge in [-0.2, -0.15) is 0 Å². The van der Waals surface area contributed by atoms with E-state index in [4.69, 9.17) is 9.47 Å². The number of aromatic nitrogens is 3. The Morgan fingerprint density at radius 3 is 2.52 bits per heavy atom. The van der Waals surface area contributed by atoms with Crippen LogP contribution in [0.2, 0.25) is 0 Å². The van der Waals surface area contributed by atoms with Gasteiger partial charge in [-0.05, 0) is 55.5 Å². The average molecular weight is 443 g/mol. The summed E-state index contributed by atoms with van der Waals surface area (Å²) in [5.74, 6) is 1.49. The fourth-order valence-corrected chi connectivity index (χ4v) is 3.53. The van der Waals surface area contributed by atoms with E-state index in [-0.39, 0.29) is 17.5 Å². The number of anilines is 1. The minimum absolute atomic E-state index is 0.161. The molecule has 1 N–H and O–H groups in total. The molecule has 1 unspecified atom stereocenters. The summed E-state index contributed by atoms with van der Waals surface area (Å²) < 4.78 is 25.9. The first-order valence-corrected chi connectivity index (χ1v) is 10.5. The molecule has 1 heterocycles. The molecule has 7 nitrogen and oxygen atoms in total. The normalized spacial score (nSPS) is 11.6. The van der Waals surface area contributed by atoms with Gasteiger partial charge in [0.25, 0.3) is 0 Å². The summed E-state index contributed by atoms with van der Waals surface area (Å²) in [7, 11) is 1.59. The quantitative estimate of drug-likeness (QED) is 0.368. The number of hydrogen-bond acceptors (Lipinski definition) is 6. The van der Waals surface area contributed by atoms with Crippen molar-refractivity contribution >= 4 is 23.4 Å². The maximum atomic E-state index is 13.1. The zero-order valence-corrected chi connectivity index (χ0v) is 18.1. The van der Waals surface area contributed by atoms with Crippen molar-refractivity contribution in [2.45, 2.75) is 24.7 Å². The van der Waals surface area contributed by atoms with Crippen molar-refractivity contribution in [1.82, 2.24) is 14.8 Å². The number of carbonyl (C=O) groups is 1. The summed E-state index contributed by atoms with van der Waals surface area (Å²) in [6, 6.07) is 12.9. The topological polar surface area (TPSA) is 78.3 Å². The molecular weight excluding hydrogens is 419 g/mol. The van der Waals surface area contributed by atoms with E-state index in [1.165, 1.54) is 23.9 Å². The summed E-state index contributed by atoms with van der Waals surface area (Å²) in [5, 5.41) is 11.8. The third-order valence-electron chi connectivity index (χ3n) is 4.25. The first-order chi connectivity index (χ1) is 15.0. The van der Waals surface area contributed by atoms with Gasteiger partial charge in [0.15, 0.2) is 17.1 Å². The molecule has 0 radical (unpaired) electrons. The molecule has 0 spiro atoms. The molecule has 2 aromatic carbocycles. The van der Waals surface area contributed by atoms with Crippen molar-refractivity contribution in [3.8, 4) is 11.5 Å². The molecule has 31 heavy (non-hydrogen) atoms. The van der Waals surface area contributed by atoms with Crippen LogP contribution < -0.4 is 14.8 Å². The number of halogens is 1. The highest BCUT2D eigenvalue weighted by molar-refractivity contribution is 7.99. The molecule has 1 aromatic heterocycles. The SMILES string of the molecule is C=CCn1c(SCC(=O)Nc2ccc(OC)cc2)nnc1C(C)Oc1ccc(F)cc1. The molecular formula is C22H23FN4O3S. The van der Waals surface area contributed by atoms with Crippen molar-refractivity contribution in [2.24, 2.45) is 0 Å². The summed E-state index contributed by atoms with van der Waals surface area (Å²) in [6.07, 6.45) is 1.29. The van der Waals surface area contributed by atoms with Crippen LogP contribution >= 0.6 is 11.8 Å². The van der Waals surface area contributed by atoms with Gasteiger partial charge in [0.1, 0.15) is 17.3 Å². The third-order valence-corrected chi connectivity index (χ3v) is 5.22. The summed E-state index contributed by atoms with van der Waals surface area (Å²) in [4.78, 5) is 12.3. The number of nitrogens with one attached hydrogen (secondary N) is 1. The molecule has 0 fully saturated rings. The molecule has 1 atom stereocenters. The number of allylic oxidation sites excluding steroid dienone is 1. The zero-order chi connectivity index (χ0) is 22.2. The molecule has 0 saturated heterocycles. The smallest absolute Gasteiger partial charge is 0.234 e. The first-order valence-electron chi connectivity index (χ1n) is 9.53. The lowest BCUT2D eigenvalue weighted by Gasteiger charge is -2.15. The molecule has 0 aliphatic carbocycles. The Balaban J connectivity index is 1.64. The van der Waals surface area contributed by atoms with Crippen LogP contribution in [0.1, 0.15) is 18.9 Å². The number of hydrogen-bond donors (Lipinski definition) is 1. The molecule has 9 heteroatoms. The van der Waals surface area contributed by atoms with Crippen LogP contribution in [0, 0.1) is 5.82 Å². The number of benzene rings is 2. The molecule has 0 saturated carbocycles. The van der Waals surface area contributed by atoms with E-state index in [1.54, 1.807) is 49.6 Å². The van der Waals surface area contributed by atoms with E-state index < -0.39 is 6.10 Å². The second kappa shape index (κ2) is 10.6. The lowest BCUT2D eigenvalue weighted by Crippen LogP contribution is -2.15. The molecule has 3 aromatic rings. The van der Waals surface area contributed by atoms with E-state index in [9.17, 15) is 9.18 Å². The van der Waals surface area contributed by atoms with Gasteiger partial charge in [-0.1, -0.05) is 17.8 Å². The number of methoxy groups -OCH3 is 1. The maximum absolute atomic E-state index is 13.1. The Hall–Kier alpha value is -3.33. The van der Waals surface area contributed by atoms with Gasteiger partial charge in [0, 0.05) is 12.2 Å². The minimum Gasteiger partial charge on any atom is -0.497 e. The second-order valence-electron chi connectivity index (χ2n) is 6.52. The van der Waals surface area contributed by atoms with Crippen LogP contribution in [-0.2, 0) is 11.3 Å². The van der Waals surface area contributed by atoms with E-state index in [0.29, 0.717) is 29.0 Å². The van der Waals surface area contributed by atoms with E-state index >= 15 is 0 Å². The van der Waals surface area contributed by atoms with Crippen LogP contribution in [0.3, 0.4) is 0 Å². The Morgan fingerprint density at radius 2 is 1.87 bits per heavy atom. The minimum atomic E-state index is -0.430. The summed E-state index contributed by atoms with van der Waals surface area (Å²) in [5.41, 5.74) is 0.681. The van der Waals surface area contributed by atoms with Crippen molar-refractivity contribution < 1.29 is 18.7 Å². The standard InChI is InChI=1S/C22H23FN4O3S/c1-4-13-27-21(15(2)30-19-9-5-16(23)6-10-19)25-26-22(27)31-14-20(28)24-17-7-11-18(29-3)12-8-17/h4-12,15H,1,13-14H2,2-3H3,(H,24,28). The zero-order valence-electron chi connectivity index (χ0n) is 17.2. The monoisotopic (exact) mass is 442 g/mol. The van der Waals surface area contributed by atoms with Gasteiger partial charge in [-0.25, -0.2) is 4.39 Å². The van der Waals surface area contributed by atoms with Crippen LogP contribution in [0.5, 0.6) is 11.5 Å². The van der Waals surface area contributed by atoms with Crippen LogP contribution in [0.25, 0.3) is 0 Å². The molecule has 0 aliphatic heterocycles. The fourth-order valence-electron chi connectivity index (χ4n) is 2.78. The van der Waals surface area contributed by atoms with E-state index in [2.05, 4.69) is 22.1 Å². The summed E-state index contributed by atoms with van der Waals surface area (Å²) in [6.45, 7) is 6.07. The first kappa shape index (κ1) is 22.4. The molecule has 0 aliphatic rings. The lowest BCUT2D eigenvalue weighted by molar-refractivity contribution is -0.113. The highest BCUT2D eigenvalue weighted by atomic mass is 32.2. The van der Waals surface area contributed by atoms with Crippen LogP contribution in [-0.4, -0.2) is 33.5 Å². The number of ether oxygens (including phenoxy) is 2. The van der Waals surface area contributed by atoms with Crippen LogP contribution in [0.4, 0.5) is 10.1 Å². The Bertz CT molecular complexity index is 1020. The Kier molecular flexibility index (Phi) is 7.66. The molecule has 1 amide bonds. The van der Waals surface area contributed by atoms with Crippen LogP contribution in [0.15, 0.2) is 66.3 Å². The van der Waals surface area contributed by atoms with Gasteiger partial charge in [0.05, 0.1) is 12.9 Å². The third kappa shape index (κ3) is 6.08. The average Bonchev–Trinajstić information content (AvgIpc) is 3.17. The number of rotatable bonds is 10. The second-order valence-corrected chi connectivity index (χ2v) is 7.46. The molecule has 3 rings (SSSR count). The van der Waals surface area contributed by atoms with Crippen molar-refractivity contribution in [3.63, 3.8) is 0 Å². The van der Waals surface area contributed by atoms with Gasteiger partial charge in [-0.3, -0.25) is 9.36 Å². The highest BCUT2D eigenvalue weighted by Crippen LogP contribution is 2.25. The molecule has 162 valence electrons. The summed E-state index contributed by atoms with van der Waals surface area (Å²) >= 11 is 1.27. The van der Waals surface area contributed by atoms with Gasteiger partial charge < -0.3 is 14.8 Å². The van der Waals surface area contributed by atoms with Gasteiger partial charge in [0.2, 0.25) is 5.91 Å². The van der Waals surface area contributed by atoms with Crippen molar-refractivity contribution in [2.75, 3.05) is 18.2 Å². The number of carbonyl (C=O) groups excluding carboxylic acids is 1. The lowest BCUT2D eigenvalue weighted by atomic mass is 10.3. The number of nitrogens with zero attached hydrogens (tertiary/aromatic N) is 3. The predicted molar refractivity (Wildman–Crippen MR) is 118 cm³/mol. The Morgan fingerprint density at radius 1 is 1.19 bits per heavy atom. The van der Waals surface area contributed by atoms with Crippen molar-refractivity contribution in [3.05, 3.63) is 72.8 Å². The maximum Gasteiger partial charge on any atom is 0.234 e. The highest BCUT2D eigenvalue weighted by Gasteiger charge is 2.20. The van der Waals surface area contributed by atoms with Gasteiger partial charge in [-0.15, -0.1) is 16.8 Å². The Labute approximate surface area is 184 Å². The van der Waals surface area contributed by atoms with E-state index in [1.807, 2.05) is 11.5 Å². The predicted octanol–water partition coefficient (Wildman–Crippen LogP) is 4.48. The molecule has 0 bridgehead atoms. The van der Waals surface area contributed by atoms with Gasteiger partial charge >= 0.3 is 0 Å².